The Labute approximate surface area is 118 Å². The average molecular weight is 293 g/mol. The zero-order chi connectivity index (χ0) is 14.4. The first-order valence-corrected chi connectivity index (χ1v) is 6.23. The van der Waals surface area contributed by atoms with Crippen molar-refractivity contribution in [1.29, 1.82) is 0 Å². The van der Waals surface area contributed by atoms with E-state index in [4.69, 9.17) is 11.6 Å². The molecule has 0 aliphatic carbocycles. The topological polar surface area (TPSA) is 63.8 Å². The molecule has 0 aliphatic rings. The van der Waals surface area contributed by atoms with Gasteiger partial charge in [-0.1, -0.05) is 11.6 Å². The number of aromatic hydroxyl groups is 1. The summed E-state index contributed by atoms with van der Waals surface area (Å²) in [7, 11) is 0. The quantitative estimate of drug-likeness (QED) is 0.700. The van der Waals surface area contributed by atoms with Gasteiger partial charge >= 0.3 is 0 Å². The minimum absolute atomic E-state index is 0.258. The van der Waals surface area contributed by atoms with Crippen LogP contribution >= 0.6 is 11.6 Å². The molecule has 2 heterocycles. The van der Waals surface area contributed by atoms with Crippen LogP contribution in [0.15, 0.2) is 18.2 Å². The molecule has 0 saturated heterocycles. The third kappa shape index (κ3) is 1.89. The first-order chi connectivity index (χ1) is 9.47. The largest absolute Gasteiger partial charge is 0.505 e. The highest BCUT2D eigenvalue weighted by molar-refractivity contribution is 6.33. The molecule has 102 valence electrons. The van der Waals surface area contributed by atoms with Crippen molar-refractivity contribution in [2.75, 3.05) is 0 Å². The van der Waals surface area contributed by atoms with Gasteiger partial charge in [0.1, 0.15) is 17.2 Å². The number of benzene rings is 1. The molecule has 0 atom stereocenters. The van der Waals surface area contributed by atoms with Crippen LogP contribution in [0.4, 0.5) is 4.39 Å². The molecule has 7 heteroatoms. The maximum Gasteiger partial charge on any atom is 0.169 e. The predicted molar refractivity (Wildman–Crippen MR) is 72.8 cm³/mol. The predicted octanol–water partition coefficient (Wildman–Crippen LogP) is 2.93. The van der Waals surface area contributed by atoms with Crippen LogP contribution in [0, 0.1) is 19.7 Å². The van der Waals surface area contributed by atoms with Gasteiger partial charge in [0.2, 0.25) is 0 Å². The van der Waals surface area contributed by atoms with Crippen molar-refractivity contribution in [3.63, 3.8) is 0 Å². The standard InChI is InChI=1S/C13H10ClFN4O/c1-6-16-12(14)11-13(17-6)19(7(2)18-11)8-3-4-10(20)9(15)5-8/h3-5,20H,1-2H3. The molecule has 0 spiro atoms. The Hall–Kier alpha value is -2.21. The highest BCUT2D eigenvalue weighted by Crippen LogP contribution is 2.26. The SMILES string of the molecule is Cc1nc(Cl)c2nc(C)n(-c3ccc(O)c(F)c3)c2n1. The highest BCUT2D eigenvalue weighted by atomic mass is 35.5. The van der Waals surface area contributed by atoms with Crippen molar-refractivity contribution < 1.29 is 9.50 Å². The molecule has 20 heavy (non-hydrogen) atoms. The van der Waals surface area contributed by atoms with Gasteiger partial charge in [0.25, 0.3) is 0 Å². The summed E-state index contributed by atoms with van der Waals surface area (Å²) in [6.07, 6.45) is 0. The van der Waals surface area contributed by atoms with E-state index in [1.165, 1.54) is 12.1 Å². The van der Waals surface area contributed by atoms with Gasteiger partial charge in [0, 0.05) is 6.07 Å². The van der Waals surface area contributed by atoms with Gasteiger partial charge in [-0.2, -0.15) is 0 Å². The van der Waals surface area contributed by atoms with Gasteiger partial charge in [-0.25, -0.2) is 19.3 Å². The van der Waals surface area contributed by atoms with Gasteiger partial charge in [0.05, 0.1) is 5.69 Å². The maximum atomic E-state index is 13.5. The summed E-state index contributed by atoms with van der Waals surface area (Å²) in [6.45, 7) is 3.48. The summed E-state index contributed by atoms with van der Waals surface area (Å²) < 4.78 is 15.2. The van der Waals surface area contributed by atoms with E-state index in [0.717, 1.165) is 0 Å². The zero-order valence-electron chi connectivity index (χ0n) is 10.7. The van der Waals surface area contributed by atoms with E-state index in [9.17, 15) is 9.50 Å². The smallest absolute Gasteiger partial charge is 0.169 e. The molecule has 0 saturated carbocycles. The van der Waals surface area contributed by atoms with Crippen molar-refractivity contribution in [1.82, 2.24) is 19.5 Å². The third-order valence-corrected chi connectivity index (χ3v) is 3.20. The number of hydrogen-bond acceptors (Lipinski definition) is 4. The van der Waals surface area contributed by atoms with Gasteiger partial charge in [-0.3, -0.25) is 4.57 Å². The van der Waals surface area contributed by atoms with Crippen LogP contribution in [-0.4, -0.2) is 24.6 Å². The molecule has 3 aromatic rings. The average Bonchev–Trinajstić information content (AvgIpc) is 2.70. The van der Waals surface area contributed by atoms with Crippen LogP contribution in [0.25, 0.3) is 16.9 Å². The van der Waals surface area contributed by atoms with Crippen LogP contribution in [0.2, 0.25) is 5.15 Å². The Morgan fingerprint density at radius 3 is 2.65 bits per heavy atom. The number of hydrogen-bond donors (Lipinski definition) is 1. The van der Waals surface area contributed by atoms with E-state index in [2.05, 4.69) is 15.0 Å². The second-order valence-electron chi connectivity index (χ2n) is 4.36. The van der Waals surface area contributed by atoms with Crippen LogP contribution < -0.4 is 0 Å². The fourth-order valence-electron chi connectivity index (χ4n) is 2.08. The first kappa shape index (κ1) is 12.8. The summed E-state index contributed by atoms with van der Waals surface area (Å²) in [5.74, 6) is -0.00456. The lowest BCUT2D eigenvalue weighted by atomic mass is 10.3. The lowest BCUT2D eigenvalue weighted by Crippen LogP contribution is -2.00. The third-order valence-electron chi connectivity index (χ3n) is 2.93. The van der Waals surface area contributed by atoms with Crippen LogP contribution in [-0.2, 0) is 0 Å². The Balaban J connectivity index is 2.35. The number of imidazole rings is 1. The Bertz CT molecular complexity index is 831. The fraction of sp³-hybridized carbons (Fsp3) is 0.154. The number of nitrogens with zero attached hydrogens (tertiary/aromatic N) is 4. The van der Waals surface area contributed by atoms with Gasteiger partial charge < -0.3 is 5.11 Å². The molecule has 0 amide bonds. The van der Waals surface area contributed by atoms with E-state index >= 15 is 0 Å². The second kappa shape index (κ2) is 4.42. The summed E-state index contributed by atoms with van der Waals surface area (Å²) in [5, 5.41) is 9.52. The number of halogens is 2. The van der Waals surface area contributed by atoms with Gasteiger partial charge in [0.15, 0.2) is 22.4 Å². The number of rotatable bonds is 1. The Morgan fingerprint density at radius 1 is 1.20 bits per heavy atom. The van der Waals surface area contributed by atoms with Crippen molar-refractivity contribution in [3.8, 4) is 11.4 Å². The summed E-state index contributed by atoms with van der Waals surface area (Å²) in [6, 6.07) is 4.08. The molecule has 0 fully saturated rings. The van der Waals surface area contributed by atoms with Crippen molar-refractivity contribution in [2.24, 2.45) is 0 Å². The summed E-state index contributed by atoms with van der Waals surface area (Å²) in [4.78, 5) is 12.7. The van der Waals surface area contributed by atoms with Crippen LogP contribution in [0.3, 0.4) is 0 Å². The minimum Gasteiger partial charge on any atom is -0.505 e. The minimum atomic E-state index is -0.708. The molecular formula is C13H10ClFN4O. The van der Waals surface area contributed by atoms with Crippen LogP contribution in [0.5, 0.6) is 5.75 Å². The second-order valence-corrected chi connectivity index (χ2v) is 4.72. The lowest BCUT2D eigenvalue weighted by molar-refractivity contribution is 0.432. The van der Waals surface area contributed by atoms with Crippen molar-refractivity contribution in [2.45, 2.75) is 13.8 Å². The first-order valence-electron chi connectivity index (χ1n) is 5.85. The van der Waals surface area contributed by atoms with E-state index in [1.54, 1.807) is 24.5 Å². The van der Waals surface area contributed by atoms with Gasteiger partial charge in [-0.05, 0) is 26.0 Å². The number of aromatic nitrogens is 4. The van der Waals surface area contributed by atoms with Crippen molar-refractivity contribution in [3.05, 3.63) is 40.8 Å². The number of aryl methyl sites for hydroxylation is 2. The molecule has 2 aromatic heterocycles. The summed E-state index contributed by atoms with van der Waals surface area (Å²) >= 11 is 6.05. The molecule has 0 radical (unpaired) electrons. The lowest BCUT2D eigenvalue weighted by Gasteiger charge is -2.07. The Kier molecular flexibility index (Phi) is 2.83. The number of fused-ring (bicyclic) bond motifs is 1. The Morgan fingerprint density at radius 2 is 1.95 bits per heavy atom. The zero-order valence-corrected chi connectivity index (χ0v) is 11.5. The molecule has 3 rings (SSSR count). The number of phenols is 1. The molecule has 0 aliphatic heterocycles. The molecule has 1 aromatic carbocycles. The maximum absolute atomic E-state index is 13.5. The molecule has 1 N–H and O–H groups in total. The van der Waals surface area contributed by atoms with E-state index in [-0.39, 0.29) is 5.15 Å². The molecule has 0 unspecified atom stereocenters. The van der Waals surface area contributed by atoms with Crippen LogP contribution in [0.1, 0.15) is 11.6 Å². The normalized spacial score (nSPS) is 11.2. The van der Waals surface area contributed by atoms with Crippen molar-refractivity contribution >= 4 is 22.8 Å². The number of phenolic OH excluding ortho intramolecular Hbond substituents is 1. The fourth-order valence-corrected chi connectivity index (χ4v) is 2.33. The van der Waals surface area contributed by atoms with Gasteiger partial charge in [-0.15, -0.1) is 0 Å². The molecular weight excluding hydrogens is 283 g/mol. The highest BCUT2D eigenvalue weighted by Gasteiger charge is 2.16. The summed E-state index contributed by atoms with van der Waals surface area (Å²) in [5.41, 5.74) is 1.47. The van der Waals surface area contributed by atoms with E-state index < -0.39 is 11.6 Å². The molecule has 5 nitrogen and oxygen atoms in total. The van der Waals surface area contributed by atoms with E-state index in [1.807, 2.05) is 0 Å². The monoisotopic (exact) mass is 292 g/mol. The van der Waals surface area contributed by atoms with E-state index in [0.29, 0.717) is 28.5 Å². The molecule has 0 bridgehead atoms.